The van der Waals surface area contributed by atoms with Crippen LogP contribution in [0.15, 0.2) is 119 Å². The smallest absolute Gasteiger partial charge is 0.410 e. The summed E-state index contributed by atoms with van der Waals surface area (Å²) < 4.78 is 88.6. The van der Waals surface area contributed by atoms with Crippen molar-refractivity contribution in [2.45, 2.75) is 81.1 Å². The second-order valence-corrected chi connectivity index (χ2v) is 23.5. The van der Waals surface area contributed by atoms with Gasteiger partial charge >= 0.3 is 6.09 Å². The normalized spacial score (nSPS) is 17.0. The summed E-state index contributed by atoms with van der Waals surface area (Å²) in [7, 11) is -5.41. The van der Waals surface area contributed by atoms with Gasteiger partial charge in [0.2, 0.25) is 31.8 Å². The zero-order chi connectivity index (χ0) is 54.8. The van der Waals surface area contributed by atoms with Crippen LogP contribution in [-0.2, 0) is 49.2 Å². The molecule has 0 aliphatic carbocycles. The van der Waals surface area contributed by atoms with Gasteiger partial charge in [-0.15, -0.1) is 10.2 Å². The van der Waals surface area contributed by atoms with Crippen molar-refractivity contribution in [2.75, 3.05) is 52.4 Å². The first-order valence-electron chi connectivity index (χ1n) is 24.8. The molecule has 3 aliphatic rings. The topological polar surface area (TPSA) is 242 Å². The minimum Gasteiger partial charge on any atom is -0.497 e. The molecule has 4 amide bonds. The number of fused-ring (bicyclic) bond motifs is 1. The lowest BCUT2D eigenvalue weighted by molar-refractivity contribution is -0.120. The van der Waals surface area contributed by atoms with Crippen LogP contribution in [0.4, 0.5) is 10.5 Å². The number of nitrogens with one attached hydrogen (secondary N) is 1. The van der Waals surface area contributed by atoms with E-state index in [1.54, 1.807) is 118 Å². The number of aromatic nitrogens is 4. The van der Waals surface area contributed by atoms with E-state index in [1.807, 2.05) is 0 Å². The van der Waals surface area contributed by atoms with E-state index in [0.29, 0.717) is 28.4 Å². The Kier molecular flexibility index (Phi) is 15.5. The lowest BCUT2D eigenvalue weighted by atomic mass is 9.94. The van der Waals surface area contributed by atoms with Gasteiger partial charge in [-0.25, -0.2) is 26.4 Å². The molecule has 0 radical (unpaired) electrons. The number of carbonyl (C=O) groups is 4. The van der Waals surface area contributed by atoms with Crippen molar-refractivity contribution in [1.29, 1.82) is 0 Å². The molecule has 5 aromatic carbocycles. The maximum atomic E-state index is 16.3. The van der Waals surface area contributed by atoms with Gasteiger partial charge in [-0.05, 0) is 122 Å². The lowest BCUT2D eigenvalue weighted by Gasteiger charge is -2.35. The number of hydrogen-bond acceptors (Lipinski definition) is 15. The van der Waals surface area contributed by atoms with Gasteiger partial charge in [0.05, 0.1) is 50.3 Å². The highest BCUT2D eigenvalue weighted by molar-refractivity contribution is 7.92. The first kappa shape index (κ1) is 54.1. The first-order chi connectivity index (χ1) is 36.7. The van der Waals surface area contributed by atoms with Crippen LogP contribution in [0.25, 0.3) is 11.4 Å². The summed E-state index contributed by atoms with van der Waals surface area (Å²) in [6.45, 7) is 4.66. The van der Waals surface area contributed by atoms with E-state index < -0.39 is 71.2 Å². The summed E-state index contributed by atoms with van der Waals surface area (Å²) in [5, 5.41) is 13.4. The molecule has 6 aromatic rings. The van der Waals surface area contributed by atoms with Gasteiger partial charge in [-0.1, -0.05) is 48.5 Å². The number of carbonyl (C=O) groups excluding carboxylic acids is 4. The molecule has 0 spiro atoms. The van der Waals surface area contributed by atoms with Crippen molar-refractivity contribution >= 4 is 49.5 Å². The quantitative estimate of drug-likeness (QED) is 0.0952. The highest BCUT2D eigenvalue weighted by Crippen LogP contribution is 2.43. The van der Waals surface area contributed by atoms with Crippen molar-refractivity contribution < 1.29 is 55.0 Å². The molecule has 2 saturated heterocycles. The van der Waals surface area contributed by atoms with Gasteiger partial charge in [-0.2, -0.15) is 9.10 Å². The van der Waals surface area contributed by atoms with Gasteiger partial charge in [0.15, 0.2) is 0 Å². The maximum Gasteiger partial charge on any atom is 0.410 e. The molecule has 3 aliphatic heterocycles. The molecule has 2 atom stereocenters. The largest absolute Gasteiger partial charge is 0.497 e. The number of rotatable bonds is 18. The van der Waals surface area contributed by atoms with Crippen molar-refractivity contribution in [3.8, 4) is 28.6 Å². The number of benzene rings is 5. The van der Waals surface area contributed by atoms with E-state index in [1.165, 1.54) is 42.0 Å². The van der Waals surface area contributed by atoms with Crippen LogP contribution < -0.4 is 23.8 Å². The third-order valence-electron chi connectivity index (χ3n) is 13.5. The van der Waals surface area contributed by atoms with Crippen molar-refractivity contribution in [1.82, 2.24) is 39.0 Å². The minimum atomic E-state index is -5.08. The molecule has 77 heavy (non-hydrogen) atoms. The Bertz CT molecular complexity index is 3340. The zero-order valence-electron chi connectivity index (χ0n) is 43.4. The Hall–Kier alpha value is -7.73. The fourth-order valence-electron chi connectivity index (χ4n) is 9.59. The number of hydrogen-bond donors (Lipinski definition) is 1. The highest BCUT2D eigenvalue weighted by Gasteiger charge is 2.43. The van der Waals surface area contributed by atoms with E-state index in [9.17, 15) is 19.2 Å². The number of ether oxygens (including phenoxy) is 4. The average molecular weight is 1090 g/mol. The van der Waals surface area contributed by atoms with E-state index in [-0.39, 0.29) is 93.3 Å². The molecule has 2 fully saturated rings. The number of sulfonamides is 2. The van der Waals surface area contributed by atoms with Crippen LogP contribution >= 0.6 is 0 Å². The van der Waals surface area contributed by atoms with Crippen LogP contribution in [0.5, 0.6) is 17.2 Å². The monoisotopic (exact) mass is 1090 g/mol. The predicted octanol–water partition coefficient (Wildman–Crippen LogP) is 6.13. The fraction of sp³-hybridized carbons (Fsp3) is 0.352. The van der Waals surface area contributed by atoms with Gasteiger partial charge in [-0.3, -0.25) is 19.3 Å². The van der Waals surface area contributed by atoms with Gasteiger partial charge in [0.25, 0.3) is 11.8 Å². The molecule has 0 saturated carbocycles. The molecule has 0 bridgehead atoms. The molecule has 9 rings (SSSR count). The number of amides is 4. The summed E-state index contributed by atoms with van der Waals surface area (Å²) in [5.74, 6) is -0.563. The van der Waals surface area contributed by atoms with Gasteiger partial charge < -0.3 is 28.7 Å². The summed E-state index contributed by atoms with van der Waals surface area (Å²) >= 11 is 0. The Balaban J connectivity index is 1.18. The molecular weight excluding hydrogens is 1030 g/mol. The number of nitrogens with zero attached hydrogens (tertiary/aromatic N) is 8. The number of methoxy groups -OCH3 is 3. The molecule has 1 unspecified atom stereocenters. The van der Waals surface area contributed by atoms with Crippen molar-refractivity contribution in [3.05, 3.63) is 137 Å². The fourth-order valence-corrected chi connectivity index (χ4v) is 13.3. The van der Waals surface area contributed by atoms with E-state index in [0.717, 1.165) is 20.8 Å². The summed E-state index contributed by atoms with van der Waals surface area (Å²) in [6.07, 6.45) is -0.359. The Morgan fingerprint density at radius 1 is 0.727 bits per heavy atom. The predicted molar refractivity (Wildman–Crippen MR) is 281 cm³/mol. The van der Waals surface area contributed by atoms with Crippen LogP contribution in [-0.4, -0.2) is 134 Å². The van der Waals surface area contributed by atoms with E-state index in [4.69, 9.17) is 24.0 Å². The molecule has 23 heteroatoms. The van der Waals surface area contributed by atoms with E-state index >= 15 is 16.8 Å². The van der Waals surface area contributed by atoms with Gasteiger partial charge in [0.1, 0.15) is 32.6 Å². The minimum absolute atomic E-state index is 0.0264. The third-order valence-corrected chi connectivity index (χ3v) is 17.0. The van der Waals surface area contributed by atoms with Crippen molar-refractivity contribution in [2.24, 2.45) is 5.92 Å². The lowest BCUT2D eigenvalue weighted by Crippen LogP contribution is -2.44. The van der Waals surface area contributed by atoms with Crippen LogP contribution in [0, 0.1) is 5.92 Å². The highest BCUT2D eigenvalue weighted by atomic mass is 32.2. The SMILES string of the molecule is COc1ccc(CN(Cc2ccc(OC)cc2)S(=O)(=O)c2c(S(=O)(=O)N[C@@H]3CCN(C(=O)OC(C)(C)C)C3)ccc(N3CCC(CN4C(=O)c5ccccc5C4=O)CC3=O)c2-c2nnn(Cc3ccc(OC)cc3)n2)cc1. The first-order valence-corrected chi connectivity index (χ1v) is 27.8. The summed E-state index contributed by atoms with van der Waals surface area (Å²) in [6, 6.07) is 28.7. The Morgan fingerprint density at radius 2 is 1.29 bits per heavy atom. The van der Waals surface area contributed by atoms with Crippen LogP contribution in [0.1, 0.15) is 77.4 Å². The number of tetrazole rings is 1. The van der Waals surface area contributed by atoms with E-state index in [2.05, 4.69) is 15.0 Å². The molecule has 404 valence electrons. The molecular formula is C54H59N9O12S2. The Morgan fingerprint density at radius 3 is 1.82 bits per heavy atom. The molecule has 1 aromatic heterocycles. The number of likely N-dealkylation sites (tertiary alicyclic amines) is 1. The standard InChI is InChI=1S/C54H59N9O12S2/c1-54(2,3)75-53(67)59-27-26-39(34-59)57-76(68,69)46-24-23-45(61-28-25-38(29-47(61)64)32-62-51(65)43-9-7-8-10-44(43)52(62)66)48(50-55-58-63(56-50)33-37-15-21-42(74-6)22-16-37)49(46)77(70,71)60(30-35-11-17-40(72-4)18-12-35)31-36-13-19-41(73-5)20-14-36/h7-24,38-39,57H,25-34H2,1-6H3/t38?,39-/m1/s1. The van der Waals surface area contributed by atoms with Crippen molar-refractivity contribution in [3.63, 3.8) is 0 Å². The second-order valence-electron chi connectivity index (χ2n) is 20.0. The van der Waals surface area contributed by atoms with Crippen LogP contribution in [0.3, 0.4) is 0 Å². The molecule has 4 heterocycles. The second kappa shape index (κ2) is 22.1. The van der Waals surface area contributed by atoms with Gasteiger partial charge in [0, 0.05) is 51.7 Å². The third kappa shape index (κ3) is 11.8. The summed E-state index contributed by atoms with van der Waals surface area (Å²) in [5.41, 5.74) is 1.15. The maximum absolute atomic E-state index is 16.3. The summed E-state index contributed by atoms with van der Waals surface area (Å²) in [4.78, 5) is 58.4. The Labute approximate surface area is 446 Å². The number of imide groups is 1. The number of piperidine rings is 1. The molecule has 1 N–H and O–H groups in total. The zero-order valence-corrected chi connectivity index (χ0v) is 45.0. The number of anilines is 1. The van der Waals surface area contributed by atoms with Crippen LogP contribution in [0.2, 0.25) is 0 Å². The molecule has 21 nitrogen and oxygen atoms in total. The average Bonchev–Trinajstić information content (AvgIpc) is 4.14.